The van der Waals surface area contributed by atoms with E-state index < -0.39 is 0 Å². The van der Waals surface area contributed by atoms with Gasteiger partial charge in [-0.3, -0.25) is 4.99 Å². The Morgan fingerprint density at radius 2 is 2.25 bits per heavy atom. The number of hydrogen-bond acceptors (Lipinski definition) is 1. The van der Waals surface area contributed by atoms with E-state index in [0.717, 1.165) is 6.54 Å². The molecule has 3 heteroatoms. The van der Waals surface area contributed by atoms with Crippen molar-refractivity contribution in [2.24, 2.45) is 10.7 Å². The molecule has 0 bridgehead atoms. The Bertz CT molecular complexity index is 68.1. The Kier molecular flexibility index (Phi) is 8.07. The van der Waals surface area contributed by atoms with Crippen molar-refractivity contribution in [1.29, 1.82) is 0 Å². The number of rotatable bonds is 1. The molecular weight excluding hydrogens is 102 g/mol. The molecular formula is C5H15N3. The van der Waals surface area contributed by atoms with Gasteiger partial charge in [-0.25, -0.2) is 0 Å². The van der Waals surface area contributed by atoms with Gasteiger partial charge >= 0.3 is 0 Å². The second-order valence-corrected chi connectivity index (χ2v) is 1.14. The van der Waals surface area contributed by atoms with Gasteiger partial charge < -0.3 is 11.1 Å². The zero-order chi connectivity index (χ0) is 5.70. The lowest BCUT2D eigenvalue weighted by molar-refractivity contribution is 0.950. The average Bonchev–Trinajstić information content (AvgIpc) is 1.68. The molecule has 0 aromatic rings. The Balaban J connectivity index is 0. The minimum Gasteiger partial charge on any atom is -0.370 e. The molecule has 50 valence electrons. The lowest BCUT2D eigenvalue weighted by Crippen LogP contribution is -2.30. The first-order chi connectivity index (χ1) is 3.31. The molecule has 3 nitrogen and oxygen atoms in total. The molecule has 0 saturated carbocycles. The van der Waals surface area contributed by atoms with Gasteiger partial charge in [0.25, 0.3) is 0 Å². The summed E-state index contributed by atoms with van der Waals surface area (Å²) in [6, 6.07) is 0. The highest BCUT2D eigenvalue weighted by Crippen LogP contribution is 1.54. The van der Waals surface area contributed by atoms with Crippen LogP contribution in [0, 0.1) is 0 Å². The van der Waals surface area contributed by atoms with Crippen LogP contribution in [0.4, 0.5) is 0 Å². The fourth-order valence-electron chi connectivity index (χ4n) is 0.260. The summed E-state index contributed by atoms with van der Waals surface area (Å²) in [6.07, 6.45) is 0. The molecule has 0 aliphatic carbocycles. The van der Waals surface area contributed by atoms with Crippen molar-refractivity contribution in [2.75, 3.05) is 13.6 Å². The molecule has 3 N–H and O–H groups in total. The van der Waals surface area contributed by atoms with Gasteiger partial charge in [-0.15, -0.1) is 0 Å². The molecule has 8 heavy (non-hydrogen) atoms. The molecule has 0 atom stereocenters. The third-order valence-corrected chi connectivity index (χ3v) is 0.599. The van der Waals surface area contributed by atoms with Gasteiger partial charge in [0.15, 0.2) is 5.96 Å². The predicted octanol–water partition coefficient (Wildman–Crippen LogP) is 0.176. The molecule has 0 amide bonds. The van der Waals surface area contributed by atoms with E-state index in [1.165, 1.54) is 0 Å². The van der Waals surface area contributed by atoms with Crippen molar-refractivity contribution < 1.29 is 0 Å². The number of aliphatic imine (C=N–C) groups is 1. The fraction of sp³-hybridized carbons (Fsp3) is 0.800. The van der Waals surface area contributed by atoms with Crippen LogP contribution in [0.1, 0.15) is 14.4 Å². The molecule has 0 aliphatic rings. The van der Waals surface area contributed by atoms with E-state index >= 15 is 0 Å². The number of nitrogens with two attached hydrogens (primary N) is 1. The summed E-state index contributed by atoms with van der Waals surface area (Å²) in [6.45, 7) is 2.81. The Morgan fingerprint density at radius 1 is 1.75 bits per heavy atom. The topological polar surface area (TPSA) is 50.4 Å². The van der Waals surface area contributed by atoms with Gasteiger partial charge in [0, 0.05) is 13.6 Å². The lowest BCUT2D eigenvalue weighted by atomic mass is 10.7. The number of guanidine groups is 1. The van der Waals surface area contributed by atoms with Crippen molar-refractivity contribution in [3.8, 4) is 0 Å². The maximum atomic E-state index is 5.22. The van der Waals surface area contributed by atoms with Crippen LogP contribution in [-0.2, 0) is 0 Å². The second kappa shape index (κ2) is 6.27. The first kappa shape index (κ1) is 10.3. The van der Waals surface area contributed by atoms with Gasteiger partial charge in [0.05, 0.1) is 0 Å². The van der Waals surface area contributed by atoms with Gasteiger partial charge in [0.1, 0.15) is 0 Å². The van der Waals surface area contributed by atoms with Crippen LogP contribution in [-0.4, -0.2) is 19.6 Å². The molecule has 0 saturated heterocycles. The quantitative estimate of drug-likeness (QED) is 0.380. The van der Waals surface area contributed by atoms with E-state index in [-0.39, 0.29) is 7.43 Å². The van der Waals surface area contributed by atoms with Gasteiger partial charge in [0.2, 0.25) is 0 Å². The summed E-state index contributed by atoms with van der Waals surface area (Å²) < 4.78 is 0. The summed E-state index contributed by atoms with van der Waals surface area (Å²) >= 11 is 0. The molecule has 0 unspecified atom stereocenters. The maximum absolute atomic E-state index is 5.22. The SMILES string of the molecule is C.CCNC(N)=NC. The highest BCUT2D eigenvalue weighted by Gasteiger charge is 1.77. The Labute approximate surface area is 51.0 Å². The standard InChI is InChI=1S/C4H11N3.CH4/c1-3-7-4(5)6-2;/h3H2,1-2H3,(H3,5,6,7);1H4. The van der Waals surface area contributed by atoms with Crippen LogP contribution < -0.4 is 11.1 Å². The average molecular weight is 117 g/mol. The van der Waals surface area contributed by atoms with Crippen molar-refractivity contribution >= 4 is 5.96 Å². The van der Waals surface area contributed by atoms with Crippen LogP contribution in [0.2, 0.25) is 0 Å². The van der Waals surface area contributed by atoms with Crippen molar-refractivity contribution in [3.63, 3.8) is 0 Å². The Hall–Kier alpha value is -0.730. The minimum atomic E-state index is 0. The third kappa shape index (κ3) is 5.27. The predicted molar refractivity (Wildman–Crippen MR) is 38.0 cm³/mol. The molecule has 0 spiro atoms. The van der Waals surface area contributed by atoms with Crippen LogP contribution in [0.15, 0.2) is 4.99 Å². The van der Waals surface area contributed by atoms with E-state index in [0.29, 0.717) is 5.96 Å². The summed E-state index contributed by atoms with van der Waals surface area (Å²) in [4.78, 5) is 3.66. The van der Waals surface area contributed by atoms with Gasteiger partial charge in [-0.05, 0) is 6.92 Å². The second-order valence-electron chi connectivity index (χ2n) is 1.14. The largest absolute Gasteiger partial charge is 0.370 e. The normalized spacial score (nSPS) is 10.0. The van der Waals surface area contributed by atoms with E-state index in [1.807, 2.05) is 6.92 Å². The summed E-state index contributed by atoms with van der Waals surface area (Å²) in [5.74, 6) is 0.502. The van der Waals surface area contributed by atoms with E-state index in [2.05, 4.69) is 10.3 Å². The molecule has 0 aliphatic heterocycles. The zero-order valence-electron chi connectivity index (χ0n) is 4.73. The smallest absolute Gasteiger partial charge is 0.188 e. The summed E-state index contributed by atoms with van der Waals surface area (Å²) in [5.41, 5.74) is 5.22. The summed E-state index contributed by atoms with van der Waals surface area (Å²) in [7, 11) is 1.65. The van der Waals surface area contributed by atoms with E-state index in [9.17, 15) is 0 Å². The highest BCUT2D eigenvalue weighted by molar-refractivity contribution is 5.77. The molecule has 0 aromatic heterocycles. The molecule has 0 aromatic carbocycles. The number of nitrogens with one attached hydrogen (secondary N) is 1. The van der Waals surface area contributed by atoms with Crippen molar-refractivity contribution in [2.45, 2.75) is 14.4 Å². The van der Waals surface area contributed by atoms with Gasteiger partial charge in [-0.1, -0.05) is 7.43 Å². The first-order valence-electron chi connectivity index (χ1n) is 2.27. The monoisotopic (exact) mass is 117 g/mol. The molecule has 0 rings (SSSR count). The number of nitrogens with zero attached hydrogens (tertiary/aromatic N) is 1. The zero-order valence-corrected chi connectivity index (χ0v) is 4.73. The first-order valence-corrected chi connectivity index (χ1v) is 2.27. The van der Waals surface area contributed by atoms with Crippen LogP contribution >= 0.6 is 0 Å². The third-order valence-electron chi connectivity index (χ3n) is 0.599. The van der Waals surface area contributed by atoms with Crippen molar-refractivity contribution in [3.05, 3.63) is 0 Å². The molecule has 0 radical (unpaired) electrons. The number of hydrogen-bond donors (Lipinski definition) is 2. The van der Waals surface area contributed by atoms with Gasteiger partial charge in [-0.2, -0.15) is 0 Å². The van der Waals surface area contributed by atoms with E-state index in [1.54, 1.807) is 7.05 Å². The maximum Gasteiger partial charge on any atom is 0.188 e. The molecule has 0 heterocycles. The van der Waals surface area contributed by atoms with E-state index in [4.69, 9.17) is 5.73 Å². The van der Waals surface area contributed by atoms with Crippen LogP contribution in [0.25, 0.3) is 0 Å². The Morgan fingerprint density at radius 3 is 2.38 bits per heavy atom. The van der Waals surface area contributed by atoms with Crippen molar-refractivity contribution in [1.82, 2.24) is 5.32 Å². The van der Waals surface area contributed by atoms with Crippen LogP contribution in [0.5, 0.6) is 0 Å². The lowest BCUT2D eigenvalue weighted by Gasteiger charge is -1.96. The highest BCUT2D eigenvalue weighted by atomic mass is 15.1. The summed E-state index contributed by atoms with van der Waals surface area (Å²) in [5, 5.41) is 2.82. The molecule has 0 fully saturated rings. The minimum absolute atomic E-state index is 0. The van der Waals surface area contributed by atoms with Crippen LogP contribution in [0.3, 0.4) is 0 Å². The fourth-order valence-corrected chi connectivity index (χ4v) is 0.260.